The Hall–Kier alpha value is -0.120. The molecule has 0 amide bonds. The molecule has 0 aliphatic carbocycles. The zero-order valence-corrected chi connectivity index (χ0v) is 30.4. The number of unbranched alkanes of at least 4 members (excludes halogenated alkanes) is 30. The lowest BCUT2D eigenvalue weighted by molar-refractivity contribution is -0.890. The van der Waals surface area contributed by atoms with Crippen LogP contribution in [0.3, 0.4) is 0 Å². The molecule has 0 heterocycles. The van der Waals surface area contributed by atoms with Crippen molar-refractivity contribution in [2.45, 2.75) is 219 Å². The Morgan fingerprint density at radius 2 is 0.429 bits per heavy atom. The molecular formula is C39H85NO2. The number of hydrogen-bond donors (Lipinski definition) is 1. The Morgan fingerprint density at radius 1 is 0.286 bits per heavy atom. The van der Waals surface area contributed by atoms with Crippen LogP contribution >= 0.6 is 0 Å². The fraction of sp³-hybridized carbons (Fsp3) is 1.00. The van der Waals surface area contributed by atoms with Crippen LogP contribution in [0.2, 0.25) is 0 Å². The number of aliphatic hydroxyl groups excluding tert-OH is 1. The smallest absolute Gasteiger partial charge is 0.0782 e. The highest BCUT2D eigenvalue weighted by atomic mass is 16.2. The van der Waals surface area contributed by atoms with Crippen LogP contribution in [0.4, 0.5) is 0 Å². The lowest BCUT2D eigenvalue weighted by Crippen LogP contribution is -2.41. The third-order valence-electron chi connectivity index (χ3n) is 9.23. The maximum atomic E-state index is 7.00. The van der Waals surface area contributed by atoms with E-state index in [2.05, 4.69) is 27.9 Å². The molecule has 0 spiro atoms. The Kier molecular flexibility index (Phi) is 45.1. The van der Waals surface area contributed by atoms with Crippen molar-refractivity contribution in [1.29, 1.82) is 0 Å². The molecule has 3 heteroatoms. The summed E-state index contributed by atoms with van der Waals surface area (Å²) in [6.45, 7) is 7.39. The molecule has 0 saturated heterocycles. The van der Waals surface area contributed by atoms with Gasteiger partial charge in [0.2, 0.25) is 0 Å². The van der Waals surface area contributed by atoms with Crippen molar-refractivity contribution >= 4 is 0 Å². The number of rotatable bonds is 34. The summed E-state index contributed by atoms with van der Waals surface area (Å²) in [7, 11) is 5.94. The molecule has 258 valence electrons. The molecule has 3 nitrogen and oxygen atoms in total. The summed E-state index contributed by atoms with van der Waals surface area (Å²) >= 11 is 0. The SMILES string of the molecule is CCCCCCCCCCCCCCCCCC[N+](C)(C)CCCCCCCCCCCCCCCCCC.CO.[OH-]. The standard InChI is InChI=1S/C38H80N.CH4O.H2O/c1-5-7-9-11-13-15-17-19-21-23-25-27-29-31-33-35-37-39(3,4)38-36-34-32-30-28-26-24-22-20-18-16-14-12-10-8-6-2;1-2;/h5-38H2,1-4H3;2H,1H3;1H2/q+1;;/p-1. The molecule has 0 aromatic heterocycles. The van der Waals surface area contributed by atoms with E-state index in [0.717, 1.165) is 7.11 Å². The average molecular weight is 600 g/mol. The third kappa shape index (κ3) is 42.0. The molecule has 0 aliphatic heterocycles. The van der Waals surface area contributed by atoms with E-state index in [4.69, 9.17) is 5.11 Å². The van der Waals surface area contributed by atoms with Gasteiger partial charge in [0, 0.05) is 7.11 Å². The molecule has 0 saturated carbocycles. The van der Waals surface area contributed by atoms with E-state index in [9.17, 15) is 0 Å². The van der Waals surface area contributed by atoms with Crippen LogP contribution in [0.5, 0.6) is 0 Å². The van der Waals surface area contributed by atoms with Crippen molar-refractivity contribution < 1.29 is 15.1 Å². The second-order valence-electron chi connectivity index (χ2n) is 14.0. The van der Waals surface area contributed by atoms with Crippen molar-refractivity contribution in [2.75, 3.05) is 34.3 Å². The highest BCUT2D eigenvalue weighted by molar-refractivity contribution is 4.52. The van der Waals surface area contributed by atoms with Crippen LogP contribution < -0.4 is 0 Å². The maximum Gasteiger partial charge on any atom is 0.0782 e. The molecule has 0 atom stereocenters. The van der Waals surface area contributed by atoms with E-state index in [1.165, 1.54) is 223 Å². The van der Waals surface area contributed by atoms with Gasteiger partial charge in [-0.25, -0.2) is 0 Å². The molecule has 0 fully saturated rings. The maximum absolute atomic E-state index is 7.00. The Balaban J connectivity index is -0.00000495. The van der Waals surface area contributed by atoms with Crippen LogP contribution in [0.25, 0.3) is 0 Å². The highest BCUT2D eigenvalue weighted by Gasteiger charge is 2.13. The lowest BCUT2D eigenvalue weighted by Gasteiger charge is -2.30. The number of nitrogens with zero attached hydrogens (tertiary/aromatic N) is 1. The summed E-state index contributed by atoms with van der Waals surface area (Å²) in [5.41, 5.74) is 0. The summed E-state index contributed by atoms with van der Waals surface area (Å²) in [6.07, 6.45) is 46.9. The first-order chi connectivity index (χ1) is 20.1. The second-order valence-corrected chi connectivity index (χ2v) is 14.0. The van der Waals surface area contributed by atoms with Crippen LogP contribution in [0.15, 0.2) is 0 Å². The summed E-state index contributed by atoms with van der Waals surface area (Å²) in [4.78, 5) is 0. The van der Waals surface area contributed by atoms with Gasteiger partial charge >= 0.3 is 0 Å². The monoisotopic (exact) mass is 600 g/mol. The lowest BCUT2D eigenvalue weighted by atomic mass is 10.0. The largest absolute Gasteiger partial charge is 0.870 e. The Bertz CT molecular complexity index is 402. The minimum Gasteiger partial charge on any atom is -0.870 e. The molecule has 0 aliphatic rings. The van der Waals surface area contributed by atoms with E-state index < -0.39 is 0 Å². The molecule has 2 N–H and O–H groups in total. The molecule has 0 unspecified atom stereocenters. The third-order valence-corrected chi connectivity index (χ3v) is 9.23. The fourth-order valence-corrected chi connectivity index (χ4v) is 6.29. The average Bonchev–Trinajstić information content (AvgIpc) is 2.97. The van der Waals surface area contributed by atoms with Crippen molar-refractivity contribution in [3.63, 3.8) is 0 Å². The molecule has 0 aromatic carbocycles. The summed E-state index contributed by atoms with van der Waals surface area (Å²) in [5, 5.41) is 7.00. The van der Waals surface area contributed by atoms with Crippen LogP contribution in [0, 0.1) is 0 Å². The van der Waals surface area contributed by atoms with Crippen LogP contribution in [-0.2, 0) is 0 Å². The number of hydrogen-bond acceptors (Lipinski definition) is 2. The first kappa shape index (κ1) is 46.3. The zero-order valence-electron chi connectivity index (χ0n) is 30.4. The summed E-state index contributed by atoms with van der Waals surface area (Å²) in [5.74, 6) is 0. The van der Waals surface area contributed by atoms with Crippen molar-refractivity contribution in [2.24, 2.45) is 0 Å². The molecule has 42 heavy (non-hydrogen) atoms. The summed E-state index contributed by atoms with van der Waals surface area (Å²) < 4.78 is 1.25. The predicted molar refractivity (Wildman–Crippen MR) is 191 cm³/mol. The molecule has 0 bridgehead atoms. The van der Waals surface area contributed by atoms with Crippen LogP contribution in [0.1, 0.15) is 219 Å². The van der Waals surface area contributed by atoms with E-state index >= 15 is 0 Å². The fourth-order valence-electron chi connectivity index (χ4n) is 6.29. The number of quaternary nitrogens is 1. The van der Waals surface area contributed by atoms with Gasteiger partial charge < -0.3 is 15.1 Å². The van der Waals surface area contributed by atoms with Crippen molar-refractivity contribution in [3.8, 4) is 0 Å². The second kappa shape index (κ2) is 40.9. The molecular weight excluding hydrogens is 514 g/mol. The van der Waals surface area contributed by atoms with Crippen LogP contribution in [-0.4, -0.2) is 49.4 Å². The number of aliphatic hydroxyl groups is 1. The van der Waals surface area contributed by atoms with E-state index in [1.54, 1.807) is 0 Å². The Morgan fingerprint density at radius 3 is 0.595 bits per heavy atom. The van der Waals surface area contributed by atoms with Gasteiger partial charge in [-0.2, -0.15) is 0 Å². The van der Waals surface area contributed by atoms with Gasteiger partial charge in [-0.1, -0.05) is 194 Å². The van der Waals surface area contributed by atoms with Crippen molar-refractivity contribution in [3.05, 3.63) is 0 Å². The normalized spacial score (nSPS) is 11.3. The van der Waals surface area contributed by atoms with Gasteiger partial charge in [-0.05, 0) is 25.7 Å². The van der Waals surface area contributed by atoms with Gasteiger partial charge in [-0.3, -0.25) is 0 Å². The zero-order chi connectivity index (χ0) is 30.5. The van der Waals surface area contributed by atoms with Gasteiger partial charge in [0.05, 0.1) is 27.2 Å². The van der Waals surface area contributed by atoms with Gasteiger partial charge in [0.25, 0.3) is 0 Å². The molecule has 0 aromatic rings. The summed E-state index contributed by atoms with van der Waals surface area (Å²) in [6, 6.07) is 0. The van der Waals surface area contributed by atoms with E-state index in [-0.39, 0.29) is 5.48 Å². The van der Waals surface area contributed by atoms with Gasteiger partial charge in [0.1, 0.15) is 0 Å². The topological polar surface area (TPSA) is 50.2 Å². The van der Waals surface area contributed by atoms with Crippen molar-refractivity contribution in [1.82, 2.24) is 0 Å². The quantitative estimate of drug-likeness (QED) is 0.0590. The van der Waals surface area contributed by atoms with Gasteiger partial charge in [0.15, 0.2) is 0 Å². The van der Waals surface area contributed by atoms with E-state index in [1.807, 2.05) is 0 Å². The first-order valence-electron chi connectivity index (χ1n) is 19.4. The van der Waals surface area contributed by atoms with Gasteiger partial charge in [-0.15, -0.1) is 0 Å². The minimum atomic E-state index is 0. The molecule has 0 rings (SSSR count). The van der Waals surface area contributed by atoms with E-state index in [0.29, 0.717) is 0 Å². The predicted octanol–water partition coefficient (Wildman–Crippen LogP) is 13.0. The minimum absolute atomic E-state index is 0. The highest BCUT2D eigenvalue weighted by Crippen LogP contribution is 2.16. The first-order valence-corrected chi connectivity index (χ1v) is 19.4. The molecule has 0 radical (unpaired) electrons. The Labute approximate surface area is 268 Å².